The van der Waals surface area contributed by atoms with E-state index in [0.717, 1.165) is 43.6 Å². The summed E-state index contributed by atoms with van der Waals surface area (Å²) in [5, 5.41) is 3.44. The molecule has 1 N–H and O–H groups in total. The first-order valence-electron chi connectivity index (χ1n) is 8.96. The molecule has 7 heteroatoms. The van der Waals surface area contributed by atoms with E-state index >= 15 is 0 Å². The summed E-state index contributed by atoms with van der Waals surface area (Å²) in [6.45, 7) is 6.54. The molecule has 6 nitrogen and oxygen atoms in total. The molecule has 146 valence electrons. The third kappa shape index (κ3) is 5.47. The van der Waals surface area contributed by atoms with E-state index in [1.807, 2.05) is 31.4 Å². The lowest BCUT2D eigenvalue weighted by atomic mass is 10.2. The Morgan fingerprint density at radius 1 is 1.19 bits per heavy atom. The number of aromatic nitrogens is 1. The van der Waals surface area contributed by atoms with Crippen LogP contribution in [0.25, 0.3) is 0 Å². The lowest BCUT2D eigenvalue weighted by Crippen LogP contribution is -2.52. The number of aliphatic imine (C=N–C) groups is 1. The van der Waals surface area contributed by atoms with Crippen molar-refractivity contribution in [1.82, 2.24) is 15.2 Å². The maximum atomic E-state index is 5.33. The van der Waals surface area contributed by atoms with Crippen LogP contribution in [0.4, 0.5) is 5.69 Å². The van der Waals surface area contributed by atoms with Gasteiger partial charge in [-0.15, -0.1) is 24.0 Å². The van der Waals surface area contributed by atoms with E-state index in [2.05, 4.69) is 50.2 Å². The largest absolute Gasteiger partial charge is 0.497 e. The van der Waals surface area contributed by atoms with Gasteiger partial charge < -0.3 is 19.9 Å². The molecule has 0 unspecified atom stereocenters. The predicted octanol–water partition coefficient (Wildman–Crippen LogP) is 2.91. The fourth-order valence-corrected chi connectivity index (χ4v) is 3.18. The van der Waals surface area contributed by atoms with Gasteiger partial charge in [0, 0.05) is 51.2 Å². The van der Waals surface area contributed by atoms with Gasteiger partial charge in [-0.25, -0.2) is 0 Å². The zero-order chi connectivity index (χ0) is 18.4. The van der Waals surface area contributed by atoms with E-state index in [4.69, 9.17) is 4.74 Å². The zero-order valence-electron chi connectivity index (χ0n) is 16.2. The Kier molecular flexibility index (Phi) is 8.15. The van der Waals surface area contributed by atoms with E-state index in [1.165, 1.54) is 11.3 Å². The molecule has 27 heavy (non-hydrogen) atoms. The molecular formula is C20H28IN5O. The van der Waals surface area contributed by atoms with E-state index in [0.29, 0.717) is 6.54 Å². The molecule has 1 aromatic carbocycles. The predicted molar refractivity (Wildman–Crippen MR) is 121 cm³/mol. The second kappa shape index (κ2) is 10.3. The van der Waals surface area contributed by atoms with Crippen LogP contribution in [0.1, 0.15) is 11.3 Å². The molecule has 1 saturated heterocycles. The third-order valence-electron chi connectivity index (χ3n) is 4.74. The van der Waals surface area contributed by atoms with Gasteiger partial charge >= 0.3 is 0 Å². The molecule has 0 saturated carbocycles. The first-order chi connectivity index (χ1) is 12.7. The van der Waals surface area contributed by atoms with Crippen molar-refractivity contribution in [3.05, 3.63) is 53.9 Å². The standard InChI is InChI=1S/C20H27N5O.HI/c1-16-6-5-9-22-19(16)15-23-20(21-2)25-12-10-24(11-13-25)17-7-4-8-18(14-17)26-3;/h4-9,14H,10-13,15H2,1-3H3,(H,21,23);1H. The summed E-state index contributed by atoms with van der Waals surface area (Å²) in [5.41, 5.74) is 3.46. The number of rotatable bonds is 4. The number of piperazine rings is 1. The molecule has 0 atom stereocenters. The first kappa shape index (κ1) is 21.3. The Balaban J connectivity index is 0.00000261. The van der Waals surface area contributed by atoms with Crippen molar-refractivity contribution in [2.24, 2.45) is 4.99 Å². The van der Waals surface area contributed by atoms with Crippen molar-refractivity contribution in [2.45, 2.75) is 13.5 Å². The number of anilines is 1. The van der Waals surface area contributed by atoms with Gasteiger partial charge in [-0.1, -0.05) is 12.1 Å². The van der Waals surface area contributed by atoms with E-state index in [9.17, 15) is 0 Å². The number of pyridine rings is 1. The molecule has 3 rings (SSSR count). The van der Waals surface area contributed by atoms with Gasteiger partial charge in [0.25, 0.3) is 0 Å². The molecule has 2 heterocycles. The number of nitrogens with one attached hydrogen (secondary N) is 1. The summed E-state index contributed by atoms with van der Waals surface area (Å²) in [4.78, 5) is 13.6. The highest BCUT2D eigenvalue weighted by molar-refractivity contribution is 14.0. The van der Waals surface area contributed by atoms with Crippen molar-refractivity contribution in [3.8, 4) is 5.75 Å². The summed E-state index contributed by atoms with van der Waals surface area (Å²) < 4.78 is 5.33. The minimum Gasteiger partial charge on any atom is -0.497 e. The number of benzene rings is 1. The van der Waals surface area contributed by atoms with Crippen LogP contribution in [-0.4, -0.2) is 56.2 Å². The first-order valence-corrected chi connectivity index (χ1v) is 8.96. The zero-order valence-corrected chi connectivity index (χ0v) is 18.5. The molecule has 1 aliphatic rings. The van der Waals surface area contributed by atoms with Gasteiger partial charge in [0.15, 0.2) is 5.96 Å². The topological polar surface area (TPSA) is 53.0 Å². The van der Waals surface area contributed by atoms with Crippen LogP contribution in [0, 0.1) is 6.92 Å². The van der Waals surface area contributed by atoms with Crippen molar-refractivity contribution < 1.29 is 4.74 Å². The Bertz CT molecular complexity index is 760. The average Bonchev–Trinajstić information content (AvgIpc) is 2.70. The van der Waals surface area contributed by atoms with Crippen molar-refractivity contribution in [1.29, 1.82) is 0 Å². The minimum atomic E-state index is 0. The van der Waals surface area contributed by atoms with Crippen LogP contribution >= 0.6 is 24.0 Å². The van der Waals surface area contributed by atoms with Crippen LogP contribution in [0.15, 0.2) is 47.6 Å². The van der Waals surface area contributed by atoms with Crippen molar-refractivity contribution in [2.75, 3.05) is 45.2 Å². The number of nitrogens with zero attached hydrogens (tertiary/aromatic N) is 4. The maximum absolute atomic E-state index is 5.33. The molecular weight excluding hydrogens is 453 g/mol. The van der Waals surface area contributed by atoms with Gasteiger partial charge in [-0.3, -0.25) is 9.98 Å². The summed E-state index contributed by atoms with van der Waals surface area (Å²) in [6, 6.07) is 12.3. The van der Waals surface area contributed by atoms with E-state index in [1.54, 1.807) is 7.11 Å². The Morgan fingerprint density at radius 2 is 1.96 bits per heavy atom. The number of hydrogen-bond acceptors (Lipinski definition) is 4. The van der Waals surface area contributed by atoms with Gasteiger partial charge in [0.1, 0.15) is 5.75 Å². The molecule has 2 aromatic rings. The fourth-order valence-electron chi connectivity index (χ4n) is 3.18. The van der Waals surface area contributed by atoms with Crippen LogP contribution in [0.5, 0.6) is 5.75 Å². The highest BCUT2D eigenvalue weighted by Crippen LogP contribution is 2.22. The van der Waals surface area contributed by atoms with E-state index in [-0.39, 0.29) is 24.0 Å². The summed E-state index contributed by atoms with van der Waals surface area (Å²) in [7, 11) is 3.54. The molecule has 0 aliphatic carbocycles. The Labute approximate surface area is 178 Å². The lowest BCUT2D eigenvalue weighted by Gasteiger charge is -2.37. The number of ether oxygens (including phenoxy) is 1. The summed E-state index contributed by atoms with van der Waals surface area (Å²) in [6.07, 6.45) is 1.83. The molecule has 0 amide bonds. The van der Waals surface area contributed by atoms with Gasteiger partial charge in [0.05, 0.1) is 19.3 Å². The second-order valence-electron chi connectivity index (χ2n) is 6.34. The number of halogens is 1. The minimum absolute atomic E-state index is 0. The van der Waals surface area contributed by atoms with Crippen LogP contribution in [0.2, 0.25) is 0 Å². The molecule has 1 aliphatic heterocycles. The maximum Gasteiger partial charge on any atom is 0.194 e. The molecule has 1 aromatic heterocycles. The number of hydrogen-bond donors (Lipinski definition) is 1. The number of guanidine groups is 1. The van der Waals surface area contributed by atoms with Gasteiger partial charge in [-0.05, 0) is 30.7 Å². The van der Waals surface area contributed by atoms with Crippen LogP contribution < -0.4 is 15.0 Å². The van der Waals surface area contributed by atoms with Crippen molar-refractivity contribution in [3.63, 3.8) is 0 Å². The molecule has 1 fully saturated rings. The quantitative estimate of drug-likeness (QED) is 0.414. The average molecular weight is 481 g/mol. The SMILES string of the molecule is CN=C(NCc1ncccc1C)N1CCN(c2cccc(OC)c2)CC1.I. The summed E-state index contributed by atoms with van der Waals surface area (Å²) in [5.74, 6) is 1.83. The van der Waals surface area contributed by atoms with Gasteiger partial charge in [-0.2, -0.15) is 0 Å². The van der Waals surface area contributed by atoms with Gasteiger partial charge in [0.2, 0.25) is 0 Å². The number of methoxy groups -OCH3 is 1. The molecule has 0 bridgehead atoms. The normalized spacial score (nSPS) is 14.6. The smallest absolute Gasteiger partial charge is 0.194 e. The second-order valence-corrected chi connectivity index (χ2v) is 6.34. The Morgan fingerprint density at radius 3 is 2.63 bits per heavy atom. The third-order valence-corrected chi connectivity index (χ3v) is 4.74. The van der Waals surface area contributed by atoms with Crippen LogP contribution in [-0.2, 0) is 6.54 Å². The Hall–Kier alpha value is -2.03. The highest BCUT2D eigenvalue weighted by atomic mass is 127. The molecule has 0 radical (unpaired) electrons. The lowest BCUT2D eigenvalue weighted by molar-refractivity contribution is 0.371. The molecule has 0 spiro atoms. The monoisotopic (exact) mass is 481 g/mol. The van der Waals surface area contributed by atoms with Crippen LogP contribution in [0.3, 0.4) is 0 Å². The highest BCUT2D eigenvalue weighted by Gasteiger charge is 2.20. The summed E-state index contributed by atoms with van der Waals surface area (Å²) >= 11 is 0. The fraction of sp³-hybridized carbons (Fsp3) is 0.400. The van der Waals surface area contributed by atoms with Crippen molar-refractivity contribution >= 4 is 35.6 Å². The number of aryl methyl sites for hydroxylation is 1. The van der Waals surface area contributed by atoms with E-state index < -0.39 is 0 Å².